The zero-order chi connectivity index (χ0) is 64.9. The number of pyridine rings is 5. The SMILES string of the molecule is Cc1cncc(NS(=O)(=O)c2ccccc2)c1.Cc1cncc(NS(=O)(=O)c2ccccc2)c1.O=S(=O)(Nc1cccnc1)c1ccccc1.O=S(=O)(Nc1cnc2c(O)cccc2c1)c1ccccc1.O=S(=O)(Nc1cnc2ccccc2c1)c1ccccc1. The summed E-state index contributed by atoms with van der Waals surface area (Å²) in [5, 5.41) is 11.2. The van der Waals surface area contributed by atoms with E-state index in [1.54, 1.807) is 207 Å². The number of rotatable bonds is 15. The lowest BCUT2D eigenvalue weighted by Crippen LogP contribution is -2.12. The number of nitrogens with zero attached hydrogens (tertiary/aromatic N) is 5. The predicted molar refractivity (Wildman–Crippen MR) is 354 cm³/mol. The number of phenolic OH excluding ortho intramolecular Hbond substituents is 1. The molecule has 0 saturated carbocycles. The second kappa shape index (κ2) is 30.5. The molecule has 0 fully saturated rings. The van der Waals surface area contributed by atoms with Gasteiger partial charge < -0.3 is 5.11 Å². The van der Waals surface area contributed by atoms with Crippen molar-refractivity contribution in [1.82, 2.24) is 24.9 Å². The zero-order valence-corrected chi connectivity index (χ0v) is 52.4. The molecular formula is C65H58N10O11S5. The summed E-state index contributed by atoms with van der Waals surface area (Å²) < 4.78 is 133. The van der Waals surface area contributed by atoms with Crippen LogP contribution in [0.2, 0.25) is 0 Å². The fraction of sp³-hybridized carbons (Fsp3) is 0.0308. The van der Waals surface area contributed by atoms with Crippen LogP contribution in [0.25, 0.3) is 21.8 Å². The molecule has 0 unspecified atom stereocenters. The Balaban J connectivity index is 0.000000147. The zero-order valence-electron chi connectivity index (χ0n) is 48.4. The lowest BCUT2D eigenvalue weighted by Gasteiger charge is -2.08. The first-order chi connectivity index (χ1) is 43.5. The van der Waals surface area contributed by atoms with Crippen LogP contribution in [0.1, 0.15) is 11.1 Å². The Hall–Kier alpha value is -10.6. The molecule has 5 heterocycles. The minimum atomic E-state index is -3.64. The molecule has 0 spiro atoms. The Labute approximate surface area is 528 Å². The molecule has 21 nitrogen and oxygen atoms in total. The van der Waals surface area contributed by atoms with Crippen molar-refractivity contribution in [3.05, 3.63) is 291 Å². The molecule has 6 N–H and O–H groups in total. The van der Waals surface area contributed by atoms with Gasteiger partial charge >= 0.3 is 0 Å². The number of sulfonamides is 5. The molecular weight excluding hydrogens is 1260 g/mol. The molecule has 464 valence electrons. The molecule has 12 rings (SSSR count). The minimum absolute atomic E-state index is 0.0602. The monoisotopic (exact) mass is 1310 g/mol. The van der Waals surface area contributed by atoms with E-state index in [-0.39, 0.29) is 30.2 Å². The smallest absolute Gasteiger partial charge is 0.261 e. The van der Waals surface area contributed by atoms with Gasteiger partial charge in [0.2, 0.25) is 0 Å². The fourth-order valence-electron chi connectivity index (χ4n) is 8.04. The van der Waals surface area contributed by atoms with Gasteiger partial charge in [0.1, 0.15) is 11.3 Å². The molecule has 26 heteroatoms. The second-order valence-electron chi connectivity index (χ2n) is 19.3. The summed E-state index contributed by atoms with van der Waals surface area (Å²) >= 11 is 0. The quantitative estimate of drug-likeness (QED) is 0.0555. The van der Waals surface area contributed by atoms with Crippen molar-refractivity contribution in [3.8, 4) is 5.75 Å². The standard InChI is InChI=1S/C15H12N2O3S.C15H12N2O2S.2C12H12N2O2S.C11H10N2O2S/c18-14-8-4-5-11-9-12(10-16-15(11)14)17-21(19,20)13-6-2-1-3-7-13;18-20(19,14-7-2-1-3-8-14)17-13-10-12-6-4-5-9-15(12)16-11-13;2*1-10-7-11(9-13-8-10)14-17(15,16)12-5-3-2-4-6-12;14-16(15,11-6-2-1-3-7-11)13-10-5-4-8-12-9-10/h1-10,17-18H;1-11,17H;2*2-9,14H,1H3;1-9,13H. The number of phenols is 1. The van der Waals surface area contributed by atoms with E-state index in [0.717, 1.165) is 22.0 Å². The highest BCUT2D eigenvalue weighted by Gasteiger charge is 2.18. The van der Waals surface area contributed by atoms with E-state index in [9.17, 15) is 47.2 Å². The highest BCUT2D eigenvalue weighted by molar-refractivity contribution is 7.94. The van der Waals surface area contributed by atoms with Crippen molar-refractivity contribution in [2.45, 2.75) is 38.3 Å². The van der Waals surface area contributed by atoms with Crippen LogP contribution in [0.15, 0.2) is 305 Å². The molecule has 7 aromatic carbocycles. The molecule has 0 saturated heterocycles. The Morgan fingerprint density at radius 1 is 0.297 bits per heavy atom. The molecule has 0 aliphatic carbocycles. The average Bonchev–Trinajstić information content (AvgIpc) is 2.08. The van der Waals surface area contributed by atoms with Gasteiger partial charge in [0, 0.05) is 29.4 Å². The summed E-state index contributed by atoms with van der Waals surface area (Å²) in [5.74, 6) is 0.0602. The first kappa shape index (κ1) is 66.3. The topological polar surface area (TPSA) is 316 Å². The number of benzene rings is 7. The summed E-state index contributed by atoms with van der Waals surface area (Å²) in [6, 6.07) is 63.7. The van der Waals surface area contributed by atoms with Crippen molar-refractivity contribution < 1.29 is 47.2 Å². The van der Waals surface area contributed by atoms with Crippen LogP contribution in [-0.4, -0.2) is 72.1 Å². The number of aromatic nitrogens is 5. The van der Waals surface area contributed by atoms with Gasteiger partial charge in [0.05, 0.1) is 89.4 Å². The van der Waals surface area contributed by atoms with Crippen molar-refractivity contribution in [1.29, 1.82) is 0 Å². The Morgan fingerprint density at radius 2 is 0.626 bits per heavy atom. The van der Waals surface area contributed by atoms with Crippen molar-refractivity contribution in [3.63, 3.8) is 0 Å². The van der Waals surface area contributed by atoms with Crippen LogP contribution in [0.4, 0.5) is 28.4 Å². The van der Waals surface area contributed by atoms with Crippen molar-refractivity contribution in [2.24, 2.45) is 0 Å². The number of anilines is 5. The summed E-state index contributed by atoms with van der Waals surface area (Å²) in [5.41, 5.74) is 5.24. The number of aryl methyl sites for hydroxylation is 2. The van der Waals surface area contributed by atoms with Crippen LogP contribution in [0.5, 0.6) is 5.75 Å². The van der Waals surface area contributed by atoms with E-state index in [0.29, 0.717) is 39.3 Å². The Kier molecular flexibility index (Phi) is 22.2. The first-order valence-electron chi connectivity index (χ1n) is 27.1. The van der Waals surface area contributed by atoms with Crippen LogP contribution >= 0.6 is 0 Å². The average molecular weight is 1320 g/mol. The first-order valence-corrected chi connectivity index (χ1v) is 34.5. The maximum absolute atomic E-state index is 12.2. The van der Waals surface area contributed by atoms with Gasteiger partial charge in [0.25, 0.3) is 50.1 Å². The molecule has 0 amide bonds. The van der Waals surface area contributed by atoms with Crippen LogP contribution in [0, 0.1) is 13.8 Å². The molecule has 91 heavy (non-hydrogen) atoms. The Morgan fingerprint density at radius 3 is 1.01 bits per heavy atom. The number of nitrogens with one attached hydrogen (secondary N) is 5. The van der Waals surface area contributed by atoms with Gasteiger partial charge in [-0.1, -0.05) is 121 Å². The van der Waals surface area contributed by atoms with E-state index in [1.807, 2.05) is 38.1 Å². The lowest BCUT2D eigenvalue weighted by atomic mass is 10.2. The molecule has 0 bridgehead atoms. The molecule has 5 aromatic heterocycles. The summed E-state index contributed by atoms with van der Waals surface area (Å²) in [6.07, 6.45) is 12.2. The van der Waals surface area contributed by atoms with Crippen LogP contribution in [0.3, 0.4) is 0 Å². The van der Waals surface area contributed by atoms with Gasteiger partial charge in [-0.3, -0.25) is 48.5 Å². The summed E-state index contributed by atoms with van der Waals surface area (Å²) in [4.78, 5) is 21.1. The molecule has 0 radical (unpaired) electrons. The van der Waals surface area contributed by atoms with E-state index in [4.69, 9.17) is 0 Å². The summed E-state index contributed by atoms with van der Waals surface area (Å²) in [6.45, 7) is 3.71. The fourth-order valence-corrected chi connectivity index (χ4v) is 13.3. The number of aromatic hydroxyl groups is 1. The second-order valence-corrected chi connectivity index (χ2v) is 27.7. The number of hydrogen-bond acceptors (Lipinski definition) is 16. The molecule has 0 aliphatic heterocycles. The Bertz CT molecular complexity index is 4860. The maximum atomic E-state index is 12.2. The molecule has 12 aromatic rings. The minimum Gasteiger partial charge on any atom is -0.506 e. The highest BCUT2D eigenvalue weighted by atomic mass is 32.2. The highest BCUT2D eigenvalue weighted by Crippen LogP contribution is 2.26. The van der Waals surface area contributed by atoms with Gasteiger partial charge in [0.15, 0.2) is 0 Å². The normalized spacial score (nSPS) is 11.2. The van der Waals surface area contributed by atoms with Gasteiger partial charge in [-0.15, -0.1) is 0 Å². The maximum Gasteiger partial charge on any atom is 0.261 e. The van der Waals surface area contributed by atoms with Crippen molar-refractivity contribution >= 4 is 100 Å². The number of para-hydroxylation sites is 2. The van der Waals surface area contributed by atoms with Crippen LogP contribution in [-0.2, 0) is 50.1 Å². The van der Waals surface area contributed by atoms with E-state index in [2.05, 4.69) is 48.5 Å². The third kappa shape index (κ3) is 19.7. The predicted octanol–water partition coefficient (Wildman–Crippen LogP) is 12.0. The number of fused-ring (bicyclic) bond motifs is 2. The third-order valence-electron chi connectivity index (χ3n) is 12.2. The van der Waals surface area contributed by atoms with Crippen LogP contribution < -0.4 is 23.6 Å². The van der Waals surface area contributed by atoms with Gasteiger partial charge in [-0.05, 0) is 134 Å². The number of hydrogen-bond donors (Lipinski definition) is 6. The van der Waals surface area contributed by atoms with Crippen molar-refractivity contribution in [2.75, 3.05) is 23.6 Å². The third-order valence-corrected chi connectivity index (χ3v) is 19.2. The molecule has 0 atom stereocenters. The van der Waals surface area contributed by atoms with Gasteiger partial charge in [-0.2, -0.15) is 0 Å². The lowest BCUT2D eigenvalue weighted by molar-refractivity contribution is 0.480. The van der Waals surface area contributed by atoms with Gasteiger partial charge in [-0.25, -0.2) is 42.1 Å². The van der Waals surface area contributed by atoms with E-state index >= 15 is 0 Å². The largest absolute Gasteiger partial charge is 0.506 e. The molecule has 0 aliphatic rings. The van der Waals surface area contributed by atoms with E-state index < -0.39 is 50.1 Å². The van der Waals surface area contributed by atoms with E-state index in [1.165, 1.54) is 49.2 Å². The summed E-state index contributed by atoms with van der Waals surface area (Å²) in [7, 11) is -17.8.